The molecule has 3 rings (SSSR count). The highest BCUT2D eigenvalue weighted by atomic mass is 79.9. The Bertz CT molecular complexity index is 756. The lowest BCUT2D eigenvalue weighted by atomic mass is 9.94. The monoisotopic (exact) mass is 434 g/mol. The zero-order valence-electron chi connectivity index (χ0n) is 14.9. The summed E-state index contributed by atoms with van der Waals surface area (Å²) in [5.41, 5.74) is 1.42. The molecule has 1 aromatic carbocycles. The van der Waals surface area contributed by atoms with Gasteiger partial charge in [-0.3, -0.25) is 9.69 Å². The van der Waals surface area contributed by atoms with Crippen molar-refractivity contribution in [3.8, 4) is 5.75 Å². The van der Waals surface area contributed by atoms with Crippen molar-refractivity contribution in [2.24, 2.45) is 0 Å². The van der Waals surface area contributed by atoms with Crippen LogP contribution in [-0.4, -0.2) is 40.5 Å². The van der Waals surface area contributed by atoms with Crippen molar-refractivity contribution < 1.29 is 9.53 Å². The first-order valence-electron chi connectivity index (χ1n) is 8.89. The Kier molecular flexibility index (Phi) is 6.14. The van der Waals surface area contributed by atoms with E-state index in [-0.39, 0.29) is 11.9 Å². The lowest BCUT2D eigenvalue weighted by molar-refractivity contribution is -0.124. The SMILES string of the molecule is C=CCOc1ccc(Br)cc1/C=C1/C(=O)N(C2CCCCC2)C(=S)N1C. The first-order chi connectivity index (χ1) is 12.5. The molecular weight excluding hydrogens is 412 g/mol. The van der Waals surface area contributed by atoms with Gasteiger partial charge in [0.25, 0.3) is 5.91 Å². The number of ether oxygens (including phenoxy) is 1. The van der Waals surface area contributed by atoms with Gasteiger partial charge in [-0.05, 0) is 49.3 Å². The van der Waals surface area contributed by atoms with E-state index in [1.807, 2.05) is 41.1 Å². The molecule has 138 valence electrons. The van der Waals surface area contributed by atoms with Crippen molar-refractivity contribution in [3.63, 3.8) is 0 Å². The molecule has 1 aliphatic heterocycles. The minimum atomic E-state index is -0.0148. The van der Waals surface area contributed by atoms with Gasteiger partial charge in [-0.15, -0.1) is 0 Å². The molecule has 1 aromatic rings. The van der Waals surface area contributed by atoms with Crippen LogP contribution in [0.3, 0.4) is 0 Å². The molecule has 1 amide bonds. The molecule has 0 radical (unpaired) electrons. The van der Waals surface area contributed by atoms with Crippen molar-refractivity contribution in [3.05, 3.63) is 46.6 Å². The maximum atomic E-state index is 13.1. The fourth-order valence-electron chi connectivity index (χ4n) is 3.50. The molecule has 26 heavy (non-hydrogen) atoms. The topological polar surface area (TPSA) is 32.8 Å². The molecule has 1 aliphatic carbocycles. The van der Waals surface area contributed by atoms with E-state index >= 15 is 0 Å². The Morgan fingerprint density at radius 3 is 2.77 bits per heavy atom. The lowest BCUT2D eigenvalue weighted by Crippen LogP contribution is -2.41. The number of thiocarbonyl (C=S) groups is 1. The molecule has 0 aromatic heterocycles. The van der Waals surface area contributed by atoms with Gasteiger partial charge in [0.05, 0.1) is 0 Å². The summed E-state index contributed by atoms with van der Waals surface area (Å²) >= 11 is 9.07. The average Bonchev–Trinajstić information content (AvgIpc) is 2.85. The molecule has 2 aliphatic rings. The summed E-state index contributed by atoms with van der Waals surface area (Å²) in [6.45, 7) is 4.10. The van der Waals surface area contributed by atoms with E-state index in [2.05, 4.69) is 22.5 Å². The summed E-state index contributed by atoms with van der Waals surface area (Å²) in [6.07, 6.45) is 9.17. The van der Waals surface area contributed by atoms with Crippen LogP contribution in [0.2, 0.25) is 0 Å². The summed E-state index contributed by atoms with van der Waals surface area (Å²) < 4.78 is 6.66. The van der Waals surface area contributed by atoms with E-state index < -0.39 is 0 Å². The molecule has 0 spiro atoms. The van der Waals surface area contributed by atoms with Gasteiger partial charge >= 0.3 is 0 Å². The van der Waals surface area contributed by atoms with Gasteiger partial charge in [-0.1, -0.05) is 47.8 Å². The molecule has 0 N–H and O–H groups in total. The molecule has 1 saturated carbocycles. The van der Waals surface area contributed by atoms with Gasteiger partial charge in [0.1, 0.15) is 18.1 Å². The predicted molar refractivity (Wildman–Crippen MR) is 112 cm³/mol. The van der Waals surface area contributed by atoms with Crippen LogP contribution in [0.15, 0.2) is 41.0 Å². The lowest BCUT2D eigenvalue weighted by Gasteiger charge is -2.30. The van der Waals surface area contributed by atoms with Gasteiger partial charge in [-0.25, -0.2) is 0 Å². The Morgan fingerprint density at radius 2 is 2.08 bits per heavy atom. The summed E-state index contributed by atoms with van der Waals surface area (Å²) in [4.78, 5) is 16.7. The van der Waals surface area contributed by atoms with Crippen LogP contribution in [0.4, 0.5) is 0 Å². The van der Waals surface area contributed by atoms with Crippen molar-refractivity contribution in [1.82, 2.24) is 9.80 Å². The number of hydrogen-bond acceptors (Lipinski definition) is 3. The first kappa shape index (κ1) is 19.1. The van der Waals surface area contributed by atoms with E-state index in [1.165, 1.54) is 6.42 Å². The highest BCUT2D eigenvalue weighted by Crippen LogP contribution is 2.32. The number of rotatable bonds is 5. The van der Waals surface area contributed by atoms with Gasteiger partial charge < -0.3 is 9.64 Å². The largest absolute Gasteiger partial charge is 0.489 e. The molecule has 0 unspecified atom stereocenters. The van der Waals surface area contributed by atoms with Gasteiger partial charge in [-0.2, -0.15) is 0 Å². The summed E-state index contributed by atoms with van der Waals surface area (Å²) in [6, 6.07) is 5.96. The average molecular weight is 435 g/mol. The molecular formula is C20H23BrN2O2S. The molecule has 0 atom stereocenters. The number of likely N-dealkylation sites (N-methyl/N-ethyl adjacent to an activating group) is 1. The first-order valence-corrected chi connectivity index (χ1v) is 10.1. The molecule has 1 heterocycles. The van der Waals surface area contributed by atoms with Crippen LogP contribution < -0.4 is 4.74 Å². The molecule has 2 fully saturated rings. The van der Waals surface area contributed by atoms with E-state index in [1.54, 1.807) is 6.08 Å². The van der Waals surface area contributed by atoms with Crippen LogP contribution in [0.5, 0.6) is 5.75 Å². The summed E-state index contributed by atoms with van der Waals surface area (Å²) in [5, 5.41) is 0.594. The third-order valence-corrected chi connectivity index (χ3v) is 5.82. The predicted octanol–water partition coefficient (Wildman–Crippen LogP) is 4.75. The molecule has 6 heteroatoms. The van der Waals surface area contributed by atoms with Crippen LogP contribution >= 0.6 is 28.1 Å². The van der Waals surface area contributed by atoms with Gasteiger partial charge in [0, 0.05) is 23.1 Å². The third kappa shape index (κ3) is 3.86. The van der Waals surface area contributed by atoms with Crippen molar-refractivity contribution in [2.75, 3.05) is 13.7 Å². The number of benzene rings is 1. The number of carbonyl (C=O) groups excluding carboxylic acids is 1. The van der Waals surface area contributed by atoms with Crippen LogP contribution in [-0.2, 0) is 4.79 Å². The van der Waals surface area contributed by atoms with Gasteiger partial charge in [0.2, 0.25) is 0 Å². The fraction of sp³-hybridized carbons (Fsp3) is 0.400. The minimum Gasteiger partial charge on any atom is -0.489 e. The fourth-order valence-corrected chi connectivity index (χ4v) is 4.21. The number of halogens is 1. The van der Waals surface area contributed by atoms with Crippen molar-refractivity contribution in [2.45, 2.75) is 38.1 Å². The number of hydrogen-bond donors (Lipinski definition) is 0. The van der Waals surface area contributed by atoms with E-state index in [0.29, 0.717) is 23.2 Å². The van der Waals surface area contributed by atoms with E-state index in [4.69, 9.17) is 17.0 Å². The van der Waals surface area contributed by atoms with Crippen molar-refractivity contribution >= 4 is 45.2 Å². The molecule has 1 saturated heterocycles. The smallest absolute Gasteiger partial charge is 0.277 e. The van der Waals surface area contributed by atoms with E-state index in [0.717, 1.165) is 35.7 Å². The second-order valence-electron chi connectivity index (χ2n) is 6.62. The summed E-state index contributed by atoms with van der Waals surface area (Å²) in [5.74, 6) is 0.697. The van der Waals surface area contributed by atoms with Crippen LogP contribution in [0.25, 0.3) is 6.08 Å². The highest BCUT2D eigenvalue weighted by Gasteiger charge is 2.40. The zero-order valence-corrected chi connectivity index (χ0v) is 17.3. The number of carbonyl (C=O) groups is 1. The van der Waals surface area contributed by atoms with Gasteiger partial charge in [0.15, 0.2) is 5.11 Å². The summed E-state index contributed by atoms with van der Waals surface area (Å²) in [7, 11) is 1.86. The Labute approximate surface area is 168 Å². The normalized spacial score (nSPS) is 20.2. The Balaban J connectivity index is 1.93. The zero-order chi connectivity index (χ0) is 18.7. The maximum Gasteiger partial charge on any atom is 0.277 e. The Morgan fingerprint density at radius 1 is 1.35 bits per heavy atom. The quantitative estimate of drug-likeness (QED) is 0.380. The second kappa shape index (κ2) is 8.35. The van der Waals surface area contributed by atoms with Crippen LogP contribution in [0.1, 0.15) is 37.7 Å². The van der Waals surface area contributed by atoms with Crippen LogP contribution in [0, 0.1) is 0 Å². The van der Waals surface area contributed by atoms with E-state index in [9.17, 15) is 4.79 Å². The number of amides is 1. The molecule has 0 bridgehead atoms. The second-order valence-corrected chi connectivity index (χ2v) is 7.90. The standard InChI is InChI=1S/C20H23BrN2O2S/c1-3-11-25-18-10-9-15(21)12-14(18)13-17-19(24)23(20(26)22(17)2)16-7-5-4-6-8-16/h3,9-10,12-13,16H,1,4-8,11H2,2H3/b17-13-. The minimum absolute atomic E-state index is 0.0148. The Hall–Kier alpha value is -1.66. The molecule has 4 nitrogen and oxygen atoms in total. The number of nitrogens with zero attached hydrogens (tertiary/aromatic N) is 2. The maximum absolute atomic E-state index is 13.1. The van der Waals surface area contributed by atoms with Crippen molar-refractivity contribution in [1.29, 1.82) is 0 Å². The third-order valence-electron chi connectivity index (χ3n) is 4.85. The highest BCUT2D eigenvalue weighted by molar-refractivity contribution is 9.10.